The molecule has 0 N–H and O–H groups in total. The molecule has 2 rings (SSSR count). The van der Waals surface area contributed by atoms with Crippen molar-refractivity contribution in [3.05, 3.63) is 0 Å². The van der Waals surface area contributed by atoms with E-state index in [0.717, 1.165) is 13.1 Å². The first kappa shape index (κ1) is 9.00. The smallest absolute Gasteiger partial charge is 0.219 e. The maximum absolute atomic E-state index is 11.3. The lowest BCUT2D eigenvalue weighted by molar-refractivity contribution is -0.129. The van der Waals surface area contributed by atoms with Gasteiger partial charge in [-0.25, -0.2) is 0 Å². The van der Waals surface area contributed by atoms with E-state index >= 15 is 0 Å². The molecule has 2 aliphatic heterocycles. The topological polar surface area (TPSA) is 23.6 Å². The first-order valence-corrected chi connectivity index (χ1v) is 5.25. The van der Waals surface area contributed by atoms with Gasteiger partial charge in [-0.15, -0.1) is 0 Å². The Morgan fingerprint density at radius 2 is 2.00 bits per heavy atom. The van der Waals surface area contributed by atoms with Crippen molar-refractivity contribution < 1.29 is 4.79 Å². The van der Waals surface area contributed by atoms with Gasteiger partial charge in [-0.2, -0.15) is 0 Å². The van der Waals surface area contributed by atoms with Crippen LogP contribution in [0, 0.1) is 0 Å². The minimum absolute atomic E-state index is 0.255. The van der Waals surface area contributed by atoms with E-state index in [1.54, 1.807) is 6.92 Å². The van der Waals surface area contributed by atoms with E-state index in [-0.39, 0.29) is 5.91 Å². The van der Waals surface area contributed by atoms with Crippen molar-refractivity contribution in [2.45, 2.75) is 38.8 Å². The van der Waals surface area contributed by atoms with E-state index in [0.29, 0.717) is 12.1 Å². The molecule has 2 fully saturated rings. The first-order chi connectivity index (χ1) is 6.24. The van der Waals surface area contributed by atoms with Gasteiger partial charge < -0.3 is 4.90 Å². The van der Waals surface area contributed by atoms with Gasteiger partial charge in [0.25, 0.3) is 0 Å². The highest BCUT2D eigenvalue weighted by atomic mass is 16.2. The Kier molecular flexibility index (Phi) is 2.28. The summed E-state index contributed by atoms with van der Waals surface area (Å²) in [7, 11) is 0. The molecular weight excluding hydrogens is 164 g/mol. The number of likely N-dealkylation sites (tertiary alicyclic amines) is 2. The third kappa shape index (κ3) is 1.35. The predicted molar refractivity (Wildman–Crippen MR) is 51.4 cm³/mol. The summed E-state index contributed by atoms with van der Waals surface area (Å²) in [6.45, 7) is 7.18. The Hall–Kier alpha value is -0.570. The minimum atomic E-state index is 0.255. The third-order valence-electron chi connectivity index (χ3n) is 3.50. The number of hydrogen-bond acceptors (Lipinski definition) is 2. The highest BCUT2D eigenvalue weighted by molar-refractivity contribution is 5.74. The molecule has 0 aromatic carbocycles. The molecule has 0 spiro atoms. The maximum atomic E-state index is 11.3. The Morgan fingerprint density at radius 1 is 1.31 bits per heavy atom. The standard InChI is InChI=1S/C10H18N2O/c1-3-11-6-4-10-9(11)5-7-12(10)8(2)13/h9-10H,3-7H2,1-2H3. The molecule has 0 radical (unpaired) electrons. The van der Waals surface area contributed by atoms with Crippen molar-refractivity contribution >= 4 is 5.91 Å². The van der Waals surface area contributed by atoms with Crippen LogP contribution in [0.1, 0.15) is 26.7 Å². The number of carbonyl (C=O) groups is 1. The molecule has 2 unspecified atom stereocenters. The molecule has 2 heterocycles. The molecule has 0 bridgehead atoms. The largest absolute Gasteiger partial charge is 0.338 e. The van der Waals surface area contributed by atoms with Gasteiger partial charge in [0.15, 0.2) is 0 Å². The number of hydrogen-bond donors (Lipinski definition) is 0. The summed E-state index contributed by atoms with van der Waals surface area (Å²) in [5.74, 6) is 0.255. The molecule has 0 aliphatic carbocycles. The molecule has 13 heavy (non-hydrogen) atoms. The average Bonchev–Trinajstić information content (AvgIpc) is 2.61. The quantitative estimate of drug-likeness (QED) is 0.596. The fraction of sp³-hybridized carbons (Fsp3) is 0.900. The second-order valence-electron chi connectivity index (χ2n) is 4.05. The van der Waals surface area contributed by atoms with Gasteiger partial charge in [0.2, 0.25) is 5.91 Å². The Morgan fingerprint density at radius 3 is 2.62 bits per heavy atom. The zero-order chi connectivity index (χ0) is 9.42. The van der Waals surface area contributed by atoms with Gasteiger partial charge in [-0.05, 0) is 19.4 Å². The molecule has 0 aromatic rings. The van der Waals surface area contributed by atoms with Gasteiger partial charge in [0, 0.05) is 32.1 Å². The van der Waals surface area contributed by atoms with Crippen LogP contribution in [0.4, 0.5) is 0 Å². The summed E-state index contributed by atoms with van der Waals surface area (Å²) in [4.78, 5) is 15.9. The van der Waals surface area contributed by atoms with Crippen LogP contribution in [0.5, 0.6) is 0 Å². The van der Waals surface area contributed by atoms with Crippen molar-refractivity contribution in [1.82, 2.24) is 9.80 Å². The van der Waals surface area contributed by atoms with Crippen molar-refractivity contribution in [3.63, 3.8) is 0 Å². The first-order valence-electron chi connectivity index (χ1n) is 5.25. The SMILES string of the molecule is CCN1CCC2C1CCN2C(C)=O. The van der Waals surface area contributed by atoms with Gasteiger partial charge in [0.1, 0.15) is 0 Å². The van der Waals surface area contributed by atoms with Crippen LogP contribution in [0.25, 0.3) is 0 Å². The molecule has 2 atom stereocenters. The zero-order valence-corrected chi connectivity index (χ0v) is 8.49. The normalized spacial score (nSPS) is 33.8. The Balaban J connectivity index is 2.07. The fourth-order valence-corrected chi connectivity index (χ4v) is 2.86. The summed E-state index contributed by atoms with van der Waals surface area (Å²) >= 11 is 0. The summed E-state index contributed by atoms with van der Waals surface area (Å²) in [5, 5.41) is 0. The van der Waals surface area contributed by atoms with E-state index in [1.165, 1.54) is 19.4 Å². The molecule has 2 aliphatic rings. The molecule has 3 heteroatoms. The van der Waals surface area contributed by atoms with E-state index in [2.05, 4.69) is 16.7 Å². The molecule has 0 aromatic heterocycles. The van der Waals surface area contributed by atoms with Gasteiger partial charge >= 0.3 is 0 Å². The van der Waals surface area contributed by atoms with Crippen LogP contribution in [-0.2, 0) is 4.79 Å². The van der Waals surface area contributed by atoms with E-state index in [1.807, 2.05) is 0 Å². The highest BCUT2D eigenvalue weighted by Gasteiger charge is 2.42. The lowest BCUT2D eigenvalue weighted by atomic mass is 10.1. The van der Waals surface area contributed by atoms with Crippen LogP contribution in [0.15, 0.2) is 0 Å². The number of nitrogens with zero attached hydrogens (tertiary/aromatic N) is 2. The molecule has 74 valence electrons. The van der Waals surface area contributed by atoms with Gasteiger partial charge in [-0.1, -0.05) is 6.92 Å². The second kappa shape index (κ2) is 3.29. The zero-order valence-electron chi connectivity index (χ0n) is 8.49. The molecule has 0 saturated carbocycles. The number of fused-ring (bicyclic) bond motifs is 1. The van der Waals surface area contributed by atoms with Crippen LogP contribution >= 0.6 is 0 Å². The Labute approximate surface area is 79.7 Å². The summed E-state index contributed by atoms with van der Waals surface area (Å²) in [6, 6.07) is 1.19. The number of likely N-dealkylation sites (N-methyl/N-ethyl adjacent to an activating group) is 1. The minimum Gasteiger partial charge on any atom is -0.338 e. The number of rotatable bonds is 1. The monoisotopic (exact) mass is 182 g/mol. The van der Waals surface area contributed by atoms with Crippen LogP contribution in [0.2, 0.25) is 0 Å². The lowest BCUT2D eigenvalue weighted by Gasteiger charge is -2.23. The van der Waals surface area contributed by atoms with E-state index in [9.17, 15) is 4.79 Å². The fourth-order valence-electron chi connectivity index (χ4n) is 2.86. The highest BCUT2D eigenvalue weighted by Crippen LogP contribution is 2.30. The average molecular weight is 182 g/mol. The number of amides is 1. The van der Waals surface area contributed by atoms with Crippen LogP contribution in [0.3, 0.4) is 0 Å². The summed E-state index contributed by atoms with van der Waals surface area (Å²) in [6.07, 6.45) is 2.36. The van der Waals surface area contributed by atoms with E-state index in [4.69, 9.17) is 0 Å². The second-order valence-corrected chi connectivity index (χ2v) is 4.05. The molecule has 1 amide bonds. The van der Waals surface area contributed by atoms with Crippen molar-refractivity contribution in [3.8, 4) is 0 Å². The predicted octanol–water partition coefficient (Wildman–Crippen LogP) is 0.701. The summed E-state index contributed by atoms with van der Waals surface area (Å²) in [5.41, 5.74) is 0. The number of carbonyl (C=O) groups excluding carboxylic acids is 1. The van der Waals surface area contributed by atoms with Crippen molar-refractivity contribution in [2.24, 2.45) is 0 Å². The van der Waals surface area contributed by atoms with Crippen molar-refractivity contribution in [1.29, 1.82) is 0 Å². The molecule has 3 nitrogen and oxygen atoms in total. The Bertz CT molecular complexity index is 217. The summed E-state index contributed by atoms with van der Waals surface area (Å²) < 4.78 is 0. The van der Waals surface area contributed by atoms with Crippen molar-refractivity contribution in [2.75, 3.05) is 19.6 Å². The molecule has 2 saturated heterocycles. The van der Waals surface area contributed by atoms with Crippen LogP contribution < -0.4 is 0 Å². The van der Waals surface area contributed by atoms with E-state index < -0.39 is 0 Å². The van der Waals surface area contributed by atoms with Crippen LogP contribution in [-0.4, -0.2) is 47.4 Å². The maximum Gasteiger partial charge on any atom is 0.219 e. The van der Waals surface area contributed by atoms with Gasteiger partial charge in [0.05, 0.1) is 0 Å². The van der Waals surface area contributed by atoms with Gasteiger partial charge in [-0.3, -0.25) is 9.69 Å². The third-order valence-corrected chi connectivity index (χ3v) is 3.50. The lowest BCUT2D eigenvalue weighted by Crippen LogP contribution is -2.38. The molecular formula is C10H18N2O.